The third-order valence-corrected chi connectivity index (χ3v) is 3.75. The van der Waals surface area contributed by atoms with Gasteiger partial charge in [0, 0.05) is 0 Å². The predicted octanol–water partition coefficient (Wildman–Crippen LogP) is -2.63. The van der Waals surface area contributed by atoms with Crippen molar-refractivity contribution in [3.05, 3.63) is 31.5 Å². The number of epoxide rings is 3. The second kappa shape index (κ2) is 4.65. The molecule has 3 fully saturated rings. The Labute approximate surface area is 118 Å². The first-order valence-electron chi connectivity index (χ1n) is 6.93. The van der Waals surface area contributed by atoms with Crippen molar-refractivity contribution in [2.24, 2.45) is 0 Å². The summed E-state index contributed by atoms with van der Waals surface area (Å²) >= 11 is 0. The molecule has 9 nitrogen and oxygen atoms in total. The third-order valence-electron chi connectivity index (χ3n) is 3.75. The van der Waals surface area contributed by atoms with Crippen LogP contribution in [-0.2, 0) is 33.8 Å². The largest absolute Gasteiger partial charge is 0.371 e. The summed E-state index contributed by atoms with van der Waals surface area (Å²) in [6.07, 6.45) is -0.363. The fourth-order valence-corrected chi connectivity index (χ4v) is 2.28. The molecule has 3 saturated heterocycles. The first-order valence-corrected chi connectivity index (χ1v) is 6.93. The lowest BCUT2D eigenvalue weighted by molar-refractivity contribution is 0.327. The highest BCUT2D eigenvalue weighted by molar-refractivity contribution is 4.86. The van der Waals surface area contributed by atoms with E-state index in [1.54, 1.807) is 0 Å². The SMILES string of the molecule is O=c1n(CC2CO2)c(=O)n(C[C@@H]2CO2)c(=O)n1CC1CO1. The molecule has 0 spiro atoms. The third kappa shape index (κ3) is 2.59. The van der Waals surface area contributed by atoms with Crippen molar-refractivity contribution in [3.63, 3.8) is 0 Å². The van der Waals surface area contributed by atoms with Crippen molar-refractivity contribution in [3.8, 4) is 0 Å². The Bertz CT molecular complexity index is 605. The minimum atomic E-state index is -0.594. The molecule has 0 aliphatic carbocycles. The summed E-state index contributed by atoms with van der Waals surface area (Å²) in [5.74, 6) is 0. The van der Waals surface area contributed by atoms with Crippen molar-refractivity contribution in [1.29, 1.82) is 0 Å². The van der Waals surface area contributed by atoms with Crippen molar-refractivity contribution < 1.29 is 14.2 Å². The van der Waals surface area contributed by atoms with E-state index < -0.39 is 17.1 Å². The van der Waals surface area contributed by atoms with E-state index in [9.17, 15) is 14.4 Å². The molecule has 2 unspecified atom stereocenters. The number of aromatic nitrogens is 3. The molecule has 0 N–H and O–H groups in total. The zero-order valence-electron chi connectivity index (χ0n) is 11.3. The fourth-order valence-electron chi connectivity index (χ4n) is 2.28. The highest BCUT2D eigenvalue weighted by Crippen LogP contribution is 2.12. The lowest BCUT2D eigenvalue weighted by Gasteiger charge is -2.12. The fraction of sp³-hybridized carbons (Fsp3) is 0.750. The minimum Gasteiger partial charge on any atom is -0.371 e. The summed E-state index contributed by atoms with van der Waals surface area (Å²) in [7, 11) is 0. The molecule has 4 rings (SSSR count). The zero-order valence-corrected chi connectivity index (χ0v) is 11.3. The highest BCUT2D eigenvalue weighted by atomic mass is 16.6. The average Bonchev–Trinajstić information content (AvgIpc) is 3.31. The van der Waals surface area contributed by atoms with Gasteiger partial charge in [-0.2, -0.15) is 0 Å². The molecule has 0 saturated carbocycles. The van der Waals surface area contributed by atoms with Gasteiger partial charge in [0.05, 0.1) is 57.8 Å². The van der Waals surface area contributed by atoms with E-state index in [0.29, 0.717) is 19.8 Å². The molecule has 3 aliphatic heterocycles. The Balaban J connectivity index is 1.81. The van der Waals surface area contributed by atoms with Crippen molar-refractivity contribution >= 4 is 0 Å². The number of hydrogen-bond acceptors (Lipinski definition) is 6. The maximum Gasteiger partial charge on any atom is 0.336 e. The van der Waals surface area contributed by atoms with Crippen LogP contribution in [0, 0.1) is 0 Å². The van der Waals surface area contributed by atoms with E-state index in [-0.39, 0.29) is 37.9 Å². The molecule has 114 valence electrons. The number of ether oxygens (including phenoxy) is 3. The first-order chi connectivity index (χ1) is 10.1. The summed E-state index contributed by atoms with van der Waals surface area (Å²) in [6.45, 7) is 2.12. The molecule has 0 radical (unpaired) electrons. The van der Waals surface area contributed by atoms with E-state index in [2.05, 4.69) is 0 Å². The molecule has 3 aliphatic rings. The molecule has 1 aromatic rings. The molecule has 0 aromatic carbocycles. The molecule has 0 bridgehead atoms. The lowest BCUT2D eigenvalue weighted by atomic mass is 10.4. The Kier molecular flexibility index (Phi) is 2.88. The minimum absolute atomic E-state index is 0.121. The molecule has 1 aromatic heterocycles. The monoisotopic (exact) mass is 297 g/mol. The molecular formula is C12H15N3O6. The van der Waals surface area contributed by atoms with Gasteiger partial charge in [-0.25, -0.2) is 28.1 Å². The Morgan fingerprint density at radius 3 is 1.10 bits per heavy atom. The molecule has 0 amide bonds. The molecular weight excluding hydrogens is 282 g/mol. The maximum atomic E-state index is 12.4. The number of rotatable bonds is 6. The van der Waals surface area contributed by atoms with Crippen LogP contribution in [0.2, 0.25) is 0 Å². The quantitative estimate of drug-likeness (QED) is 0.532. The van der Waals surface area contributed by atoms with E-state index in [1.165, 1.54) is 0 Å². The lowest BCUT2D eigenvalue weighted by Crippen LogP contribution is -2.55. The van der Waals surface area contributed by atoms with Gasteiger partial charge >= 0.3 is 17.1 Å². The summed E-state index contributed by atoms with van der Waals surface area (Å²) in [5, 5.41) is 0. The van der Waals surface area contributed by atoms with Crippen LogP contribution in [0.15, 0.2) is 14.4 Å². The van der Waals surface area contributed by atoms with Crippen LogP contribution in [0.3, 0.4) is 0 Å². The summed E-state index contributed by atoms with van der Waals surface area (Å²) in [4.78, 5) is 37.1. The van der Waals surface area contributed by atoms with Crippen LogP contribution >= 0.6 is 0 Å². The van der Waals surface area contributed by atoms with Gasteiger partial charge in [-0.1, -0.05) is 0 Å². The molecule has 4 heterocycles. The average molecular weight is 297 g/mol. The van der Waals surface area contributed by atoms with E-state index >= 15 is 0 Å². The molecule has 21 heavy (non-hydrogen) atoms. The Morgan fingerprint density at radius 1 is 0.667 bits per heavy atom. The van der Waals surface area contributed by atoms with Gasteiger partial charge in [0.15, 0.2) is 0 Å². The predicted molar refractivity (Wildman–Crippen MR) is 68.4 cm³/mol. The highest BCUT2D eigenvalue weighted by Gasteiger charge is 2.31. The number of hydrogen-bond donors (Lipinski definition) is 0. The van der Waals surface area contributed by atoms with Crippen LogP contribution in [0.25, 0.3) is 0 Å². The molecule has 3 atom stereocenters. The van der Waals surface area contributed by atoms with Gasteiger partial charge in [0.25, 0.3) is 0 Å². The molecule has 9 heteroatoms. The normalized spacial score (nSPS) is 29.4. The van der Waals surface area contributed by atoms with Crippen LogP contribution in [0.5, 0.6) is 0 Å². The van der Waals surface area contributed by atoms with Crippen molar-refractivity contribution in [2.45, 2.75) is 37.9 Å². The van der Waals surface area contributed by atoms with Crippen LogP contribution in [-0.4, -0.2) is 51.8 Å². The summed E-state index contributed by atoms with van der Waals surface area (Å²) in [6, 6.07) is 0. The van der Waals surface area contributed by atoms with Gasteiger partial charge in [-0.15, -0.1) is 0 Å². The smallest absolute Gasteiger partial charge is 0.336 e. The van der Waals surface area contributed by atoms with Gasteiger partial charge in [-0.05, 0) is 0 Å². The van der Waals surface area contributed by atoms with Gasteiger partial charge < -0.3 is 14.2 Å². The second-order valence-corrected chi connectivity index (χ2v) is 5.55. The van der Waals surface area contributed by atoms with Crippen LogP contribution in [0.4, 0.5) is 0 Å². The van der Waals surface area contributed by atoms with Gasteiger partial charge in [0.2, 0.25) is 0 Å². The summed E-state index contributed by atoms with van der Waals surface area (Å²) < 4.78 is 18.4. The van der Waals surface area contributed by atoms with Gasteiger partial charge in [0.1, 0.15) is 0 Å². The second-order valence-electron chi connectivity index (χ2n) is 5.55. The van der Waals surface area contributed by atoms with E-state index in [4.69, 9.17) is 14.2 Å². The van der Waals surface area contributed by atoms with E-state index in [0.717, 1.165) is 13.7 Å². The number of nitrogens with zero attached hydrogens (tertiary/aromatic N) is 3. The maximum absolute atomic E-state index is 12.4. The summed E-state index contributed by atoms with van der Waals surface area (Å²) in [5.41, 5.74) is -1.78. The van der Waals surface area contributed by atoms with Crippen LogP contribution in [0.1, 0.15) is 0 Å². The topological polar surface area (TPSA) is 104 Å². The Hall–Kier alpha value is -1.71. The van der Waals surface area contributed by atoms with Crippen LogP contribution < -0.4 is 17.1 Å². The van der Waals surface area contributed by atoms with Gasteiger partial charge in [-0.3, -0.25) is 0 Å². The Morgan fingerprint density at radius 2 is 0.905 bits per heavy atom. The first kappa shape index (κ1) is 13.0. The van der Waals surface area contributed by atoms with Crippen molar-refractivity contribution in [1.82, 2.24) is 13.7 Å². The zero-order chi connectivity index (χ0) is 14.6. The standard InChI is InChI=1S/C12H15N3O6/c16-10-13(1-7-4-19-7)11(17)15(3-9-6-21-9)12(18)14(10)2-8-5-20-8/h7-9H,1-6H2/t7-,8?,9?/m1/s1. The van der Waals surface area contributed by atoms with Crippen molar-refractivity contribution in [2.75, 3.05) is 19.8 Å². The van der Waals surface area contributed by atoms with E-state index in [1.807, 2.05) is 0 Å².